The highest BCUT2D eigenvalue weighted by molar-refractivity contribution is 6.76. The molecule has 1 aliphatic rings. The number of rotatable bonds is 13. The Morgan fingerprint density at radius 3 is 2.33 bits per heavy atom. The van der Waals surface area contributed by atoms with Gasteiger partial charge in [-0.15, -0.1) is 0 Å². The smallest absolute Gasteiger partial charge is 0.410 e. The summed E-state index contributed by atoms with van der Waals surface area (Å²) < 4.78 is 19.7. The van der Waals surface area contributed by atoms with Crippen molar-refractivity contribution in [3.05, 3.63) is 59.4 Å². The fraction of sp³-hybridized carbons (Fsp3) is 0.571. The minimum Gasteiger partial charge on any atom is -0.493 e. The van der Waals surface area contributed by atoms with E-state index in [0.717, 1.165) is 48.5 Å². The monoisotopic (exact) mass is 636 g/mol. The molecule has 3 aromatic rings. The number of hydrogen-bond acceptors (Lipinski definition) is 6. The van der Waals surface area contributed by atoms with E-state index in [2.05, 4.69) is 50.8 Å². The lowest BCUT2D eigenvalue weighted by Gasteiger charge is -2.35. The molecule has 1 aromatic heterocycles. The summed E-state index contributed by atoms with van der Waals surface area (Å²) in [5.41, 5.74) is 3.56. The number of para-hydroxylation sites is 1. The van der Waals surface area contributed by atoms with Crippen LogP contribution in [0.1, 0.15) is 62.3 Å². The van der Waals surface area contributed by atoms with Gasteiger partial charge < -0.3 is 24.0 Å². The van der Waals surface area contributed by atoms with E-state index < -0.39 is 13.7 Å². The molecule has 0 spiro atoms. The highest BCUT2D eigenvalue weighted by Crippen LogP contribution is 2.23. The van der Waals surface area contributed by atoms with Crippen molar-refractivity contribution in [2.24, 2.45) is 0 Å². The van der Waals surface area contributed by atoms with Gasteiger partial charge in [0.2, 0.25) is 5.82 Å². The second kappa shape index (κ2) is 15.3. The van der Waals surface area contributed by atoms with Crippen LogP contribution in [0.2, 0.25) is 25.7 Å². The van der Waals surface area contributed by atoms with Crippen molar-refractivity contribution >= 4 is 31.1 Å². The first-order chi connectivity index (χ1) is 21.3. The van der Waals surface area contributed by atoms with Crippen molar-refractivity contribution in [1.29, 1.82) is 0 Å². The molecule has 0 aliphatic carbocycles. The lowest BCUT2D eigenvalue weighted by Crippen LogP contribution is -2.52. The fourth-order valence-electron chi connectivity index (χ4n) is 5.26. The number of aryl methyl sites for hydroxylation is 2. The zero-order valence-electron chi connectivity index (χ0n) is 28.4. The maximum Gasteiger partial charge on any atom is 0.410 e. The molecule has 1 aliphatic heterocycles. The molecule has 1 saturated heterocycles. The zero-order valence-corrected chi connectivity index (χ0v) is 29.4. The van der Waals surface area contributed by atoms with E-state index in [1.54, 1.807) is 9.80 Å². The number of hydrogen-bond donors (Lipinski definition) is 0. The molecule has 0 atom stereocenters. The quantitative estimate of drug-likeness (QED) is 0.148. The number of amides is 2. The second-order valence-electron chi connectivity index (χ2n) is 14.1. The van der Waals surface area contributed by atoms with Gasteiger partial charge in [-0.1, -0.05) is 50.8 Å². The minimum absolute atomic E-state index is 0.144. The Bertz CT molecular complexity index is 1430. The molecule has 246 valence electrons. The topological polar surface area (TPSA) is 86.1 Å². The molecule has 1 fully saturated rings. The van der Waals surface area contributed by atoms with Crippen LogP contribution in [0, 0.1) is 0 Å². The molecule has 2 aromatic carbocycles. The summed E-state index contributed by atoms with van der Waals surface area (Å²) in [6.45, 7) is 18.0. The van der Waals surface area contributed by atoms with Crippen LogP contribution in [0.15, 0.2) is 42.5 Å². The van der Waals surface area contributed by atoms with E-state index in [4.69, 9.17) is 19.2 Å². The molecular formula is C35H52N4O5Si. The largest absolute Gasteiger partial charge is 0.493 e. The first-order valence-corrected chi connectivity index (χ1v) is 20.1. The number of nitrogens with zero attached hydrogens (tertiary/aromatic N) is 4. The molecule has 0 radical (unpaired) electrons. The first-order valence-electron chi connectivity index (χ1n) is 16.4. The Morgan fingerprint density at radius 1 is 0.933 bits per heavy atom. The SMILES string of the molecule is CCc1ccccc1OCCCCc1ccc2nc(C(=O)N3CCN(C(=O)OC(C)(C)C)CC3)n(COCC[Si](C)(C)C)c2c1. The Morgan fingerprint density at radius 2 is 1.64 bits per heavy atom. The lowest BCUT2D eigenvalue weighted by atomic mass is 10.1. The van der Waals surface area contributed by atoms with E-state index in [0.29, 0.717) is 45.2 Å². The van der Waals surface area contributed by atoms with Gasteiger partial charge in [0.15, 0.2) is 0 Å². The number of fused-ring (bicyclic) bond motifs is 1. The molecular weight excluding hydrogens is 584 g/mol. The molecule has 0 bridgehead atoms. The predicted molar refractivity (Wildman–Crippen MR) is 182 cm³/mol. The number of unbranched alkanes of at least 4 members (excludes halogenated alkanes) is 1. The van der Waals surface area contributed by atoms with Crippen molar-refractivity contribution in [2.75, 3.05) is 39.4 Å². The Labute approximate surface area is 269 Å². The van der Waals surface area contributed by atoms with Gasteiger partial charge in [-0.2, -0.15) is 0 Å². The number of imidazole rings is 1. The second-order valence-corrected chi connectivity index (χ2v) is 19.7. The van der Waals surface area contributed by atoms with Crippen LogP contribution in [0.3, 0.4) is 0 Å². The third kappa shape index (κ3) is 10.1. The van der Waals surface area contributed by atoms with Gasteiger partial charge in [-0.3, -0.25) is 9.36 Å². The van der Waals surface area contributed by atoms with Crippen LogP contribution in [-0.4, -0.2) is 84.4 Å². The molecule has 2 amide bonds. The molecule has 4 rings (SSSR count). The highest BCUT2D eigenvalue weighted by atomic mass is 28.3. The number of aromatic nitrogens is 2. The van der Waals surface area contributed by atoms with Crippen LogP contribution in [0.4, 0.5) is 4.79 Å². The number of carbonyl (C=O) groups is 2. The Kier molecular flexibility index (Phi) is 11.7. The molecule has 45 heavy (non-hydrogen) atoms. The third-order valence-electron chi connectivity index (χ3n) is 7.91. The lowest BCUT2D eigenvalue weighted by molar-refractivity contribution is 0.0136. The van der Waals surface area contributed by atoms with Crippen LogP contribution in [0.5, 0.6) is 5.75 Å². The molecule has 0 N–H and O–H groups in total. The van der Waals surface area contributed by atoms with Crippen LogP contribution < -0.4 is 4.74 Å². The van der Waals surface area contributed by atoms with Crippen molar-refractivity contribution in [3.63, 3.8) is 0 Å². The Balaban J connectivity index is 1.43. The van der Waals surface area contributed by atoms with Gasteiger partial charge >= 0.3 is 6.09 Å². The third-order valence-corrected chi connectivity index (χ3v) is 9.61. The zero-order chi connectivity index (χ0) is 32.6. The summed E-state index contributed by atoms with van der Waals surface area (Å²) >= 11 is 0. The van der Waals surface area contributed by atoms with Gasteiger partial charge in [0.1, 0.15) is 18.1 Å². The van der Waals surface area contributed by atoms with E-state index in [1.165, 1.54) is 11.1 Å². The number of ether oxygens (including phenoxy) is 3. The molecule has 2 heterocycles. The van der Waals surface area contributed by atoms with Crippen molar-refractivity contribution in [3.8, 4) is 5.75 Å². The van der Waals surface area contributed by atoms with E-state index in [9.17, 15) is 9.59 Å². The number of piperazine rings is 1. The maximum absolute atomic E-state index is 13.8. The maximum atomic E-state index is 13.8. The summed E-state index contributed by atoms with van der Waals surface area (Å²) in [4.78, 5) is 34.6. The normalized spacial score (nSPS) is 14.2. The summed E-state index contributed by atoms with van der Waals surface area (Å²) in [6, 6.07) is 15.5. The molecule has 9 nitrogen and oxygen atoms in total. The average Bonchev–Trinajstić information content (AvgIpc) is 3.35. The van der Waals surface area contributed by atoms with Crippen LogP contribution in [0.25, 0.3) is 11.0 Å². The summed E-state index contributed by atoms with van der Waals surface area (Å²) in [7, 11) is -1.26. The predicted octanol–water partition coefficient (Wildman–Crippen LogP) is 7.01. The van der Waals surface area contributed by atoms with E-state index >= 15 is 0 Å². The highest BCUT2D eigenvalue weighted by Gasteiger charge is 2.30. The van der Waals surface area contributed by atoms with Gasteiger partial charge in [0.05, 0.1) is 17.6 Å². The minimum atomic E-state index is -1.26. The number of benzene rings is 2. The molecule has 0 saturated carbocycles. The van der Waals surface area contributed by atoms with Crippen molar-refractivity contribution in [1.82, 2.24) is 19.4 Å². The summed E-state index contributed by atoms with van der Waals surface area (Å²) in [5.74, 6) is 1.21. The van der Waals surface area contributed by atoms with Crippen LogP contribution >= 0.6 is 0 Å². The van der Waals surface area contributed by atoms with Crippen molar-refractivity contribution in [2.45, 2.75) is 91.4 Å². The Hall–Kier alpha value is -3.37. The van der Waals surface area contributed by atoms with Gasteiger partial charge in [0, 0.05) is 40.9 Å². The van der Waals surface area contributed by atoms with Gasteiger partial charge in [-0.25, -0.2) is 9.78 Å². The van der Waals surface area contributed by atoms with E-state index in [-0.39, 0.29) is 18.7 Å². The van der Waals surface area contributed by atoms with Gasteiger partial charge in [-0.05, 0) is 81.8 Å². The fourth-order valence-corrected chi connectivity index (χ4v) is 6.02. The van der Waals surface area contributed by atoms with Gasteiger partial charge in [0.25, 0.3) is 5.91 Å². The average molecular weight is 637 g/mol. The first kappa shape index (κ1) is 34.5. The van der Waals surface area contributed by atoms with Crippen molar-refractivity contribution < 1.29 is 23.8 Å². The number of carbonyl (C=O) groups excluding carboxylic acids is 2. The van der Waals surface area contributed by atoms with Crippen LogP contribution in [-0.2, 0) is 29.0 Å². The standard InChI is InChI=1S/C35H52N4O5Si/c1-8-28-14-9-10-15-31(28)43-22-12-11-13-27-16-17-29-30(25-27)39(26-42-23-24-45(5,6)7)32(36-29)33(40)37-18-20-38(21-19-37)34(41)44-35(2,3)4/h9-10,14-17,25H,8,11-13,18-24,26H2,1-7H3. The summed E-state index contributed by atoms with van der Waals surface area (Å²) in [6.07, 6.45) is 3.47. The summed E-state index contributed by atoms with van der Waals surface area (Å²) in [5, 5.41) is 0. The van der Waals surface area contributed by atoms with E-state index in [1.807, 2.05) is 43.5 Å². The molecule has 10 heteroatoms. The molecule has 0 unspecified atom stereocenters.